The number of aliphatic hydroxyl groups excluding tert-OH is 1. The van der Waals surface area contributed by atoms with E-state index in [9.17, 15) is 43.2 Å². The van der Waals surface area contributed by atoms with Gasteiger partial charge in [-0.05, 0) is 31.6 Å². The highest BCUT2D eigenvalue weighted by Gasteiger charge is 2.30. The number of esters is 4. The summed E-state index contributed by atoms with van der Waals surface area (Å²) in [5.41, 5.74) is 0. The van der Waals surface area contributed by atoms with Crippen LogP contribution in [0.4, 0.5) is 0 Å². The Balaban J connectivity index is 5.25. The number of aliphatic hydroxyl groups is 1. The predicted molar refractivity (Wildman–Crippen MR) is 395 cm³/mol. The highest BCUT2D eigenvalue weighted by molar-refractivity contribution is 7.47. The van der Waals surface area contributed by atoms with Gasteiger partial charge in [-0.15, -0.1) is 0 Å². The molecular weight excluding hydrogens is 1270 g/mol. The Hall–Kier alpha value is -1.94. The normalized spacial score (nSPS) is 14.2. The molecule has 0 aliphatic rings. The molecule has 0 saturated heterocycles. The van der Waals surface area contributed by atoms with E-state index in [0.29, 0.717) is 25.7 Å². The van der Waals surface area contributed by atoms with Crippen LogP contribution < -0.4 is 0 Å². The minimum atomic E-state index is -4.96. The number of carbonyl (C=O) groups is 4. The van der Waals surface area contributed by atoms with E-state index >= 15 is 0 Å². The summed E-state index contributed by atoms with van der Waals surface area (Å²) < 4.78 is 68.6. The lowest BCUT2D eigenvalue weighted by Gasteiger charge is -2.21. The molecule has 3 N–H and O–H groups in total. The Kier molecular flexibility index (Phi) is 69.6. The third kappa shape index (κ3) is 70.9. The average molecular weight is 1420 g/mol. The third-order valence-corrected chi connectivity index (χ3v) is 20.5. The Labute approximate surface area is 594 Å². The lowest BCUT2D eigenvalue weighted by molar-refractivity contribution is -0.161. The maximum atomic E-state index is 13.1. The number of ether oxygens (including phenoxy) is 4. The van der Waals surface area contributed by atoms with Gasteiger partial charge in [-0.1, -0.05) is 362 Å². The van der Waals surface area contributed by atoms with Crippen LogP contribution in [0, 0.1) is 5.92 Å². The van der Waals surface area contributed by atoms with Crippen molar-refractivity contribution in [3.05, 3.63) is 0 Å². The molecule has 0 rings (SSSR count). The highest BCUT2D eigenvalue weighted by Crippen LogP contribution is 2.45. The second-order valence-electron chi connectivity index (χ2n) is 28.3. The number of hydrogen-bond acceptors (Lipinski definition) is 15. The summed E-state index contributed by atoms with van der Waals surface area (Å²) in [5, 5.41) is 10.6. The molecule has 0 aliphatic carbocycles. The first-order chi connectivity index (χ1) is 47.1. The molecule has 17 nitrogen and oxygen atoms in total. The SMILES string of the molecule is CCCCCCCCCCCCCCCCCC(=O)OC[C@H](COP(=O)(O)OC[C@@H](O)COP(=O)(O)OC[C@@H](COC(=O)CCCCCCCCCCCCC)OC(=O)CCCCCCCCCCCCCCC)OC(=O)CCCCCCCCCCCCCCCCC(C)CC. The van der Waals surface area contributed by atoms with E-state index in [-0.39, 0.29) is 25.7 Å². The molecule has 0 spiro atoms. The van der Waals surface area contributed by atoms with Crippen LogP contribution in [0.15, 0.2) is 0 Å². The first-order valence-corrected chi connectivity index (χ1v) is 43.7. The molecule has 0 amide bonds. The van der Waals surface area contributed by atoms with Crippen LogP contribution >= 0.6 is 15.6 Å². The molecule has 0 heterocycles. The topological polar surface area (TPSA) is 237 Å². The number of unbranched alkanes of at least 4 members (excludes halogenated alkanes) is 49. The van der Waals surface area contributed by atoms with Gasteiger partial charge in [-0.25, -0.2) is 9.13 Å². The van der Waals surface area contributed by atoms with Crippen molar-refractivity contribution in [2.24, 2.45) is 5.92 Å². The minimum Gasteiger partial charge on any atom is -0.462 e. The molecule has 0 bridgehead atoms. The van der Waals surface area contributed by atoms with Crippen LogP contribution in [0.1, 0.15) is 413 Å². The van der Waals surface area contributed by atoms with Crippen LogP contribution in [0.2, 0.25) is 0 Å². The van der Waals surface area contributed by atoms with Gasteiger partial charge in [-0.2, -0.15) is 0 Å². The first-order valence-electron chi connectivity index (χ1n) is 40.7. The zero-order valence-corrected chi connectivity index (χ0v) is 65.0. The summed E-state index contributed by atoms with van der Waals surface area (Å²) >= 11 is 0. The lowest BCUT2D eigenvalue weighted by atomic mass is 9.99. The van der Waals surface area contributed by atoms with E-state index in [1.807, 2.05) is 0 Å². The third-order valence-electron chi connectivity index (χ3n) is 18.6. The van der Waals surface area contributed by atoms with Gasteiger partial charge in [0.25, 0.3) is 0 Å². The fourth-order valence-corrected chi connectivity index (χ4v) is 13.6. The van der Waals surface area contributed by atoms with E-state index in [1.165, 1.54) is 238 Å². The molecule has 0 fully saturated rings. The van der Waals surface area contributed by atoms with Crippen molar-refractivity contribution in [3.8, 4) is 0 Å². The molecule has 97 heavy (non-hydrogen) atoms. The molecule has 3 unspecified atom stereocenters. The largest absolute Gasteiger partial charge is 0.472 e. The number of rotatable bonds is 78. The average Bonchev–Trinajstić information content (AvgIpc) is 2.62. The van der Waals surface area contributed by atoms with Gasteiger partial charge in [0.2, 0.25) is 0 Å². The Bertz CT molecular complexity index is 1860. The van der Waals surface area contributed by atoms with Crippen LogP contribution in [-0.2, 0) is 65.4 Å². The van der Waals surface area contributed by atoms with Crippen LogP contribution in [0.5, 0.6) is 0 Å². The summed E-state index contributed by atoms with van der Waals surface area (Å²) in [6.07, 6.45) is 60.7. The molecular formula is C78H152O17P2. The second kappa shape index (κ2) is 71.1. The maximum Gasteiger partial charge on any atom is 0.472 e. The molecule has 0 radical (unpaired) electrons. The van der Waals surface area contributed by atoms with Crippen molar-refractivity contribution in [2.45, 2.75) is 432 Å². The summed E-state index contributed by atoms with van der Waals surface area (Å²) in [4.78, 5) is 72.9. The second-order valence-corrected chi connectivity index (χ2v) is 31.3. The molecule has 19 heteroatoms. The molecule has 0 aromatic heterocycles. The number of phosphoric acid groups is 2. The van der Waals surface area contributed by atoms with Crippen molar-refractivity contribution >= 4 is 39.5 Å². The van der Waals surface area contributed by atoms with Crippen molar-refractivity contribution in [1.82, 2.24) is 0 Å². The number of hydrogen-bond donors (Lipinski definition) is 3. The first kappa shape index (κ1) is 95.1. The Morgan fingerprint density at radius 3 is 0.732 bits per heavy atom. The van der Waals surface area contributed by atoms with Gasteiger partial charge in [0.05, 0.1) is 26.4 Å². The standard InChI is InChI=1S/C78H152O17P2/c1-6-10-13-16-19-22-25-27-28-33-37-42-47-52-57-62-76(81)89-68-74(95-78(83)64-59-54-49-44-39-34-30-29-32-36-40-45-50-55-60-71(5)9-4)70-93-97(86,87)91-66-72(79)65-90-96(84,85)92-69-73(67-88-75(80)61-56-51-46-41-35-24-21-18-15-12-8-3)94-77(82)63-58-53-48-43-38-31-26-23-20-17-14-11-7-2/h71-74,79H,6-70H2,1-5H3,(H,84,85)(H,86,87)/t71?,72-,73+,74+/m0/s1. The van der Waals surface area contributed by atoms with E-state index in [1.54, 1.807) is 0 Å². The van der Waals surface area contributed by atoms with Crippen molar-refractivity contribution in [1.29, 1.82) is 0 Å². The highest BCUT2D eigenvalue weighted by atomic mass is 31.2. The van der Waals surface area contributed by atoms with Gasteiger partial charge < -0.3 is 33.8 Å². The van der Waals surface area contributed by atoms with Crippen LogP contribution in [0.25, 0.3) is 0 Å². The van der Waals surface area contributed by atoms with Gasteiger partial charge in [0, 0.05) is 25.7 Å². The fourth-order valence-electron chi connectivity index (χ4n) is 12.0. The van der Waals surface area contributed by atoms with E-state index < -0.39 is 97.5 Å². The van der Waals surface area contributed by atoms with Gasteiger partial charge in [0.1, 0.15) is 19.3 Å². The van der Waals surface area contributed by atoms with Crippen molar-refractivity contribution < 1.29 is 80.2 Å². The smallest absolute Gasteiger partial charge is 0.462 e. The zero-order valence-electron chi connectivity index (χ0n) is 63.2. The predicted octanol–water partition coefficient (Wildman–Crippen LogP) is 23.3. The molecule has 0 aromatic rings. The maximum absolute atomic E-state index is 13.1. The summed E-state index contributed by atoms with van der Waals surface area (Å²) in [7, 11) is -9.91. The van der Waals surface area contributed by atoms with Crippen LogP contribution in [0.3, 0.4) is 0 Å². The Morgan fingerprint density at radius 2 is 0.495 bits per heavy atom. The number of carbonyl (C=O) groups excluding carboxylic acids is 4. The summed E-state index contributed by atoms with van der Waals surface area (Å²) in [6.45, 7) is 7.37. The Morgan fingerprint density at radius 1 is 0.289 bits per heavy atom. The zero-order chi connectivity index (χ0) is 71.2. The summed E-state index contributed by atoms with van der Waals surface area (Å²) in [5.74, 6) is -1.26. The van der Waals surface area contributed by atoms with E-state index in [4.69, 9.17) is 37.0 Å². The molecule has 0 saturated carbocycles. The van der Waals surface area contributed by atoms with E-state index in [2.05, 4.69) is 34.6 Å². The van der Waals surface area contributed by atoms with Crippen molar-refractivity contribution in [2.75, 3.05) is 39.6 Å². The molecule has 6 atom stereocenters. The summed E-state index contributed by atoms with van der Waals surface area (Å²) in [6, 6.07) is 0. The van der Waals surface area contributed by atoms with E-state index in [0.717, 1.165) is 95.8 Å². The monoisotopic (exact) mass is 1420 g/mol. The van der Waals surface area contributed by atoms with Crippen molar-refractivity contribution in [3.63, 3.8) is 0 Å². The number of phosphoric ester groups is 2. The van der Waals surface area contributed by atoms with Crippen LogP contribution in [-0.4, -0.2) is 96.7 Å². The molecule has 576 valence electrons. The van der Waals surface area contributed by atoms with Gasteiger partial charge >= 0.3 is 39.5 Å². The quantitative estimate of drug-likeness (QED) is 0.0222. The minimum absolute atomic E-state index is 0.108. The van der Waals surface area contributed by atoms with Gasteiger partial charge in [-0.3, -0.25) is 37.3 Å². The van der Waals surface area contributed by atoms with Gasteiger partial charge in [0.15, 0.2) is 12.2 Å². The molecule has 0 aromatic carbocycles. The molecule has 0 aliphatic heterocycles. The fraction of sp³-hybridized carbons (Fsp3) is 0.949. The lowest BCUT2D eigenvalue weighted by Crippen LogP contribution is -2.30.